The lowest BCUT2D eigenvalue weighted by Crippen LogP contribution is -2.57. The lowest BCUT2D eigenvalue weighted by atomic mass is 10.0. The SMILES string of the molecule is Cn1cc(/C=C2\C(=O)NC(=O)N(C3CCCC3)C2=O)c2ccccc21. The minimum Gasteiger partial charge on any atom is -0.350 e. The Balaban J connectivity index is 1.76. The van der Waals surface area contributed by atoms with Gasteiger partial charge in [0.1, 0.15) is 5.57 Å². The first kappa shape index (κ1) is 15.6. The topological polar surface area (TPSA) is 71.4 Å². The van der Waals surface area contributed by atoms with Crippen molar-refractivity contribution in [1.82, 2.24) is 14.8 Å². The van der Waals surface area contributed by atoms with Crippen molar-refractivity contribution in [2.45, 2.75) is 31.7 Å². The van der Waals surface area contributed by atoms with Crippen molar-refractivity contribution in [2.24, 2.45) is 7.05 Å². The molecule has 1 aromatic heterocycles. The number of carbonyl (C=O) groups excluding carboxylic acids is 3. The van der Waals surface area contributed by atoms with Gasteiger partial charge in [-0.1, -0.05) is 31.0 Å². The molecule has 6 nitrogen and oxygen atoms in total. The van der Waals surface area contributed by atoms with Gasteiger partial charge in [0.15, 0.2) is 0 Å². The second-order valence-electron chi connectivity index (χ2n) is 6.64. The maximum atomic E-state index is 12.8. The summed E-state index contributed by atoms with van der Waals surface area (Å²) in [4.78, 5) is 38.5. The van der Waals surface area contributed by atoms with E-state index in [2.05, 4.69) is 5.32 Å². The van der Waals surface area contributed by atoms with E-state index in [1.165, 1.54) is 4.90 Å². The fourth-order valence-corrected chi connectivity index (χ4v) is 3.81. The Kier molecular flexibility index (Phi) is 3.67. The third kappa shape index (κ3) is 2.54. The first-order valence-electron chi connectivity index (χ1n) is 8.51. The van der Waals surface area contributed by atoms with Crippen LogP contribution in [-0.4, -0.2) is 33.4 Å². The molecular weight excluding hydrogens is 318 g/mol. The van der Waals surface area contributed by atoms with Gasteiger partial charge in [-0.2, -0.15) is 0 Å². The zero-order chi connectivity index (χ0) is 17.6. The molecule has 6 heteroatoms. The number of aromatic nitrogens is 1. The van der Waals surface area contributed by atoms with Crippen LogP contribution >= 0.6 is 0 Å². The van der Waals surface area contributed by atoms with Crippen LogP contribution in [0.5, 0.6) is 0 Å². The number of amides is 4. The number of imide groups is 2. The maximum absolute atomic E-state index is 12.8. The van der Waals surface area contributed by atoms with Crippen LogP contribution in [0.1, 0.15) is 31.2 Å². The van der Waals surface area contributed by atoms with Crippen molar-refractivity contribution in [3.8, 4) is 0 Å². The van der Waals surface area contributed by atoms with E-state index in [4.69, 9.17) is 0 Å². The second kappa shape index (κ2) is 5.88. The van der Waals surface area contributed by atoms with Crippen molar-refractivity contribution in [2.75, 3.05) is 0 Å². The summed E-state index contributed by atoms with van der Waals surface area (Å²) >= 11 is 0. The third-order valence-electron chi connectivity index (χ3n) is 5.05. The highest BCUT2D eigenvalue weighted by molar-refractivity contribution is 6.31. The number of aryl methyl sites for hydroxylation is 1. The summed E-state index contributed by atoms with van der Waals surface area (Å²) in [5, 5.41) is 3.27. The molecule has 0 spiro atoms. The number of rotatable bonds is 2. The van der Waals surface area contributed by atoms with E-state index in [1.54, 1.807) is 6.08 Å². The average molecular weight is 337 g/mol. The van der Waals surface area contributed by atoms with E-state index in [0.29, 0.717) is 0 Å². The summed E-state index contributed by atoms with van der Waals surface area (Å²) in [6, 6.07) is 7.08. The predicted octanol–water partition coefficient (Wildman–Crippen LogP) is 2.58. The number of nitrogens with zero attached hydrogens (tertiary/aromatic N) is 2. The molecule has 0 radical (unpaired) electrons. The van der Waals surface area contributed by atoms with E-state index in [0.717, 1.165) is 42.1 Å². The highest BCUT2D eigenvalue weighted by Crippen LogP contribution is 2.28. The Morgan fingerprint density at radius 3 is 2.60 bits per heavy atom. The van der Waals surface area contributed by atoms with Gasteiger partial charge in [0.2, 0.25) is 0 Å². The van der Waals surface area contributed by atoms with Gasteiger partial charge in [-0.15, -0.1) is 0 Å². The summed E-state index contributed by atoms with van der Waals surface area (Å²) in [6.45, 7) is 0. The number of hydrogen-bond acceptors (Lipinski definition) is 3. The maximum Gasteiger partial charge on any atom is 0.331 e. The highest BCUT2D eigenvalue weighted by Gasteiger charge is 2.40. The van der Waals surface area contributed by atoms with Gasteiger partial charge < -0.3 is 4.57 Å². The smallest absolute Gasteiger partial charge is 0.331 e. The van der Waals surface area contributed by atoms with Crippen LogP contribution < -0.4 is 5.32 Å². The molecule has 4 rings (SSSR count). The van der Waals surface area contributed by atoms with Gasteiger partial charge in [-0.05, 0) is 25.0 Å². The van der Waals surface area contributed by atoms with Crippen LogP contribution in [0, 0.1) is 0 Å². The Labute approximate surface area is 145 Å². The number of nitrogens with one attached hydrogen (secondary N) is 1. The van der Waals surface area contributed by atoms with E-state index in [1.807, 2.05) is 42.1 Å². The molecule has 1 aliphatic heterocycles. The van der Waals surface area contributed by atoms with Crippen LogP contribution in [-0.2, 0) is 16.6 Å². The van der Waals surface area contributed by atoms with Gasteiger partial charge in [-0.25, -0.2) is 4.79 Å². The largest absolute Gasteiger partial charge is 0.350 e. The average Bonchev–Trinajstić information content (AvgIpc) is 3.21. The zero-order valence-corrected chi connectivity index (χ0v) is 14.0. The lowest BCUT2D eigenvalue weighted by molar-refractivity contribution is -0.131. The van der Waals surface area contributed by atoms with E-state index in [-0.39, 0.29) is 11.6 Å². The predicted molar refractivity (Wildman–Crippen MR) is 93.5 cm³/mol. The molecule has 1 saturated heterocycles. The molecule has 0 atom stereocenters. The summed E-state index contributed by atoms with van der Waals surface area (Å²) in [7, 11) is 1.92. The van der Waals surface area contributed by atoms with Gasteiger partial charge in [0.25, 0.3) is 11.8 Å². The zero-order valence-electron chi connectivity index (χ0n) is 14.0. The van der Waals surface area contributed by atoms with Crippen molar-refractivity contribution in [3.05, 3.63) is 41.6 Å². The number of para-hydroxylation sites is 1. The minimum absolute atomic E-state index is 0.0165. The summed E-state index contributed by atoms with van der Waals surface area (Å²) in [6.07, 6.45) is 7.07. The van der Waals surface area contributed by atoms with E-state index < -0.39 is 17.8 Å². The van der Waals surface area contributed by atoms with Gasteiger partial charge in [-0.3, -0.25) is 19.8 Å². The molecule has 0 unspecified atom stereocenters. The van der Waals surface area contributed by atoms with Crippen molar-refractivity contribution >= 4 is 34.8 Å². The van der Waals surface area contributed by atoms with Crippen LogP contribution in [0.15, 0.2) is 36.0 Å². The molecule has 2 heterocycles. The molecule has 2 aromatic rings. The van der Waals surface area contributed by atoms with Crippen LogP contribution in [0.4, 0.5) is 4.79 Å². The molecule has 1 saturated carbocycles. The number of carbonyl (C=O) groups is 3. The first-order chi connectivity index (χ1) is 12.1. The number of urea groups is 1. The second-order valence-corrected chi connectivity index (χ2v) is 6.64. The van der Waals surface area contributed by atoms with Crippen LogP contribution in [0.3, 0.4) is 0 Å². The standard InChI is InChI=1S/C19H19N3O3/c1-21-11-12(14-8-4-5-9-16(14)21)10-15-17(23)20-19(25)22(18(15)24)13-6-2-3-7-13/h4-5,8-11,13H,2-3,6-7H2,1H3,(H,20,23,25)/b15-10+. The number of hydrogen-bond donors (Lipinski definition) is 1. The van der Waals surface area contributed by atoms with Crippen molar-refractivity contribution in [1.29, 1.82) is 0 Å². The van der Waals surface area contributed by atoms with E-state index >= 15 is 0 Å². The Morgan fingerprint density at radius 2 is 1.84 bits per heavy atom. The molecule has 1 aliphatic carbocycles. The summed E-state index contributed by atoms with van der Waals surface area (Å²) in [5.41, 5.74) is 1.82. The normalized spacial score (nSPS) is 20.8. The molecule has 1 N–H and O–H groups in total. The fourth-order valence-electron chi connectivity index (χ4n) is 3.81. The van der Waals surface area contributed by atoms with Gasteiger partial charge in [0.05, 0.1) is 0 Å². The van der Waals surface area contributed by atoms with Gasteiger partial charge in [0, 0.05) is 35.8 Å². The molecule has 2 aliphatic rings. The van der Waals surface area contributed by atoms with Crippen LogP contribution in [0.2, 0.25) is 0 Å². The van der Waals surface area contributed by atoms with Crippen LogP contribution in [0.25, 0.3) is 17.0 Å². The molecule has 1 aromatic carbocycles. The molecule has 0 bridgehead atoms. The Bertz CT molecular complexity index is 919. The van der Waals surface area contributed by atoms with E-state index in [9.17, 15) is 14.4 Å². The Morgan fingerprint density at radius 1 is 1.12 bits per heavy atom. The molecular formula is C19H19N3O3. The van der Waals surface area contributed by atoms with Crippen molar-refractivity contribution in [3.63, 3.8) is 0 Å². The number of barbiturate groups is 1. The number of fused-ring (bicyclic) bond motifs is 1. The summed E-state index contributed by atoms with van der Waals surface area (Å²) < 4.78 is 1.95. The fraction of sp³-hybridized carbons (Fsp3) is 0.316. The van der Waals surface area contributed by atoms with Gasteiger partial charge >= 0.3 is 6.03 Å². The van der Waals surface area contributed by atoms with Crippen molar-refractivity contribution < 1.29 is 14.4 Å². The highest BCUT2D eigenvalue weighted by atomic mass is 16.2. The molecule has 4 amide bonds. The minimum atomic E-state index is -0.628. The monoisotopic (exact) mass is 337 g/mol. The Hall–Kier alpha value is -2.89. The lowest BCUT2D eigenvalue weighted by Gasteiger charge is -2.31. The quantitative estimate of drug-likeness (QED) is 0.676. The summed E-state index contributed by atoms with van der Waals surface area (Å²) in [5.74, 6) is -1.12. The first-order valence-corrected chi connectivity index (χ1v) is 8.51. The number of benzene rings is 1. The third-order valence-corrected chi connectivity index (χ3v) is 5.05. The molecule has 25 heavy (non-hydrogen) atoms. The molecule has 2 fully saturated rings. The molecule has 128 valence electrons.